The molecule has 0 radical (unpaired) electrons. The Morgan fingerprint density at radius 1 is 1.11 bits per heavy atom. The normalized spacial score (nSPS) is 15.2. The van der Waals surface area contributed by atoms with Crippen molar-refractivity contribution in [3.8, 4) is 11.5 Å². The van der Waals surface area contributed by atoms with Crippen molar-refractivity contribution >= 4 is 17.5 Å². The van der Waals surface area contributed by atoms with Crippen LogP contribution in [0.2, 0.25) is 5.02 Å². The molecular formula is C22H27ClN2O3. The van der Waals surface area contributed by atoms with E-state index in [1.165, 1.54) is 18.4 Å². The average molecular weight is 403 g/mol. The number of hydrogen-bond acceptors (Lipinski definition) is 4. The van der Waals surface area contributed by atoms with Crippen LogP contribution in [0.5, 0.6) is 11.5 Å². The zero-order valence-electron chi connectivity index (χ0n) is 16.4. The van der Waals surface area contributed by atoms with E-state index in [2.05, 4.69) is 22.3 Å². The molecule has 1 unspecified atom stereocenters. The van der Waals surface area contributed by atoms with Crippen LogP contribution in [0.1, 0.15) is 30.0 Å². The fourth-order valence-corrected chi connectivity index (χ4v) is 3.86. The number of amides is 1. The standard InChI is InChI=1S/C22H27ClN2O3/c1-27-19-8-5-16(6-9-19)20(25-11-3-4-12-25)15-24-22(26)14-17-13-18(23)7-10-21(17)28-2/h5-10,13,20H,3-4,11-12,14-15H2,1-2H3,(H,24,26). The molecule has 1 saturated heterocycles. The van der Waals surface area contributed by atoms with Gasteiger partial charge in [-0.2, -0.15) is 0 Å². The van der Waals surface area contributed by atoms with Gasteiger partial charge >= 0.3 is 0 Å². The van der Waals surface area contributed by atoms with E-state index in [1.807, 2.05) is 12.1 Å². The molecule has 3 rings (SSSR count). The molecule has 1 aliphatic heterocycles. The highest BCUT2D eigenvalue weighted by molar-refractivity contribution is 6.30. The predicted octanol–water partition coefficient (Wildman–Crippen LogP) is 3.85. The Morgan fingerprint density at radius 3 is 2.46 bits per heavy atom. The number of benzene rings is 2. The first-order valence-electron chi connectivity index (χ1n) is 9.58. The molecule has 2 aromatic rings. The third kappa shape index (κ3) is 5.18. The lowest BCUT2D eigenvalue weighted by atomic mass is 10.0. The van der Waals surface area contributed by atoms with Gasteiger partial charge in [-0.25, -0.2) is 0 Å². The molecule has 0 spiro atoms. The summed E-state index contributed by atoms with van der Waals surface area (Å²) in [6, 6.07) is 13.6. The first-order valence-corrected chi connectivity index (χ1v) is 9.95. The smallest absolute Gasteiger partial charge is 0.224 e. The summed E-state index contributed by atoms with van der Waals surface area (Å²) in [6.45, 7) is 2.66. The fourth-order valence-electron chi connectivity index (χ4n) is 3.67. The molecule has 0 aromatic heterocycles. The molecule has 0 saturated carbocycles. The first-order chi connectivity index (χ1) is 13.6. The molecule has 150 valence electrons. The summed E-state index contributed by atoms with van der Waals surface area (Å²) in [5.41, 5.74) is 1.97. The van der Waals surface area contributed by atoms with Gasteiger partial charge in [0, 0.05) is 17.1 Å². The van der Waals surface area contributed by atoms with E-state index in [4.69, 9.17) is 21.1 Å². The number of ether oxygens (including phenoxy) is 2. The molecule has 0 aliphatic carbocycles. The molecule has 1 heterocycles. The topological polar surface area (TPSA) is 50.8 Å². The van der Waals surface area contributed by atoms with Crippen molar-refractivity contribution in [3.05, 3.63) is 58.6 Å². The SMILES string of the molecule is COc1ccc(C(CNC(=O)Cc2cc(Cl)ccc2OC)N2CCCC2)cc1. The zero-order chi connectivity index (χ0) is 19.9. The second-order valence-corrected chi connectivity index (χ2v) is 7.41. The Bertz CT molecular complexity index is 789. The van der Waals surface area contributed by atoms with E-state index in [-0.39, 0.29) is 18.4 Å². The van der Waals surface area contributed by atoms with Crippen molar-refractivity contribution < 1.29 is 14.3 Å². The van der Waals surface area contributed by atoms with Crippen LogP contribution in [0.3, 0.4) is 0 Å². The largest absolute Gasteiger partial charge is 0.497 e. The number of carbonyl (C=O) groups is 1. The Labute approximate surface area is 171 Å². The van der Waals surface area contributed by atoms with E-state index in [0.717, 1.165) is 24.4 Å². The van der Waals surface area contributed by atoms with Crippen LogP contribution in [0, 0.1) is 0 Å². The van der Waals surface area contributed by atoms with E-state index in [9.17, 15) is 4.79 Å². The van der Waals surface area contributed by atoms with Crippen molar-refractivity contribution in [2.24, 2.45) is 0 Å². The van der Waals surface area contributed by atoms with E-state index >= 15 is 0 Å². The highest BCUT2D eigenvalue weighted by Crippen LogP contribution is 2.27. The van der Waals surface area contributed by atoms with Crippen molar-refractivity contribution in [2.45, 2.75) is 25.3 Å². The van der Waals surface area contributed by atoms with Crippen molar-refractivity contribution in [1.82, 2.24) is 10.2 Å². The van der Waals surface area contributed by atoms with Gasteiger partial charge in [-0.15, -0.1) is 0 Å². The highest BCUT2D eigenvalue weighted by Gasteiger charge is 2.24. The maximum Gasteiger partial charge on any atom is 0.224 e. The van der Waals surface area contributed by atoms with Crippen LogP contribution in [0.25, 0.3) is 0 Å². The molecule has 0 bridgehead atoms. The van der Waals surface area contributed by atoms with Gasteiger partial charge < -0.3 is 14.8 Å². The minimum absolute atomic E-state index is 0.0433. The van der Waals surface area contributed by atoms with Gasteiger partial charge in [0.25, 0.3) is 0 Å². The summed E-state index contributed by atoms with van der Waals surface area (Å²) in [4.78, 5) is 15.0. The Hall–Kier alpha value is -2.24. The minimum atomic E-state index is -0.0433. The number of nitrogens with one attached hydrogen (secondary N) is 1. The summed E-state index contributed by atoms with van der Waals surface area (Å²) >= 11 is 6.07. The molecule has 1 N–H and O–H groups in total. The number of hydrogen-bond donors (Lipinski definition) is 1. The molecule has 1 aliphatic rings. The van der Waals surface area contributed by atoms with Gasteiger partial charge in [-0.3, -0.25) is 9.69 Å². The van der Waals surface area contributed by atoms with Gasteiger partial charge in [0.05, 0.1) is 26.7 Å². The van der Waals surface area contributed by atoms with Gasteiger partial charge in [-0.05, 0) is 61.8 Å². The number of carbonyl (C=O) groups excluding carboxylic acids is 1. The summed E-state index contributed by atoms with van der Waals surface area (Å²) in [6.07, 6.45) is 2.62. The predicted molar refractivity (Wildman–Crippen MR) is 111 cm³/mol. The van der Waals surface area contributed by atoms with Crippen LogP contribution in [-0.2, 0) is 11.2 Å². The first kappa shape index (κ1) is 20.5. The molecule has 1 atom stereocenters. The minimum Gasteiger partial charge on any atom is -0.497 e. The van der Waals surface area contributed by atoms with Crippen LogP contribution < -0.4 is 14.8 Å². The fraction of sp³-hybridized carbons (Fsp3) is 0.409. The van der Waals surface area contributed by atoms with Gasteiger partial charge in [-0.1, -0.05) is 23.7 Å². The van der Waals surface area contributed by atoms with E-state index in [1.54, 1.807) is 32.4 Å². The molecule has 28 heavy (non-hydrogen) atoms. The van der Waals surface area contributed by atoms with E-state index < -0.39 is 0 Å². The van der Waals surface area contributed by atoms with Crippen molar-refractivity contribution in [3.63, 3.8) is 0 Å². The molecule has 1 fully saturated rings. The summed E-state index contributed by atoms with van der Waals surface area (Å²) in [5.74, 6) is 1.46. The lowest BCUT2D eigenvalue weighted by molar-refractivity contribution is -0.120. The van der Waals surface area contributed by atoms with Crippen molar-refractivity contribution in [1.29, 1.82) is 0 Å². The Balaban J connectivity index is 1.67. The molecule has 1 amide bonds. The maximum atomic E-state index is 12.6. The number of likely N-dealkylation sites (tertiary alicyclic amines) is 1. The monoisotopic (exact) mass is 402 g/mol. The molecular weight excluding hydrogens is 376 g/mol. The number of nitrogens with zero attached hydrogens (tertiary/aromatic N) is 1. The number of halogens is 1. The van der Waals surface area contributed by atoms with Gasteiger partial charge in [0.1, 0.15) is 11.5 Å². The van der Waals surface area contributed by atoms with Crippen LogP contribution >= 0.6 is 11.6 Å². The zero-order valence-corrected chi connectivity index (χ0v) is 17.2. The lowest BCUT2D eigenvalue weighted by Gasteiger charge is -2.28. The van der Waals surface area contributed by atoms with Gasteiger partial charge in [0.2, 0.25) is 5.91 Å². The summed E-state index contributed by atoms with van der Waals surface area (Å²) in [5, 5.41) is 3.69. The molecule has 6 heteroatoms. The number of methoxy groups -OCH3 is 2. The Morgan fingerprint density at radius 2 is 1.82 bits per heavy atom. The summed E-state index contributed by atoms with van der Waals surface area (Å²) < 4.78 is 10.6. The maximum absolute atomic E-state index is 12.6. The third-order valence-electron chi connectivity index (χ3n) is 5.17. The van der Waals surface area contributed by atoms with Crippen molar-refractivity contribution in [2.75, 3.05) is 33.9 Å². The highest BCUT2D eigenvalue weighted by atomic mass is 35.5. The molecule has 2 aromatic carbocycles. The van der Waals surface area contributed by atoms with Crippen LogP contribution in [0.15, 0.2) is 42.5 Å². The van der Waals surface area contributed by atoms with Gasteiger partial charge in [0.15, 0.2) is 0 Å². The molecule has 5 nitrogen and oxygen atoms in total. The average Bonchev–Trinajstić information content (AvgIpc) is 3.23. The van der Waals surface area contributed by atoms with E-state index in [0.29, 0.717) is 17.3 Å². The number of rotatable bonds is 8. The lowest BCUT2D eigenvalue weighted by Crippen LogP contribution is -2.37. The second kappa shape index (κ2) is 9.80. The summed E-state index contributed by atoms with van der Waals surface area (Å²) in [7, 11) is 3.26. The quantitative estimate of drug-likeness (QED) is 0.728. The van der Waals surface area contributed by atoms with Crippen LogP contribution in [-0.4, -0.2) is 44.7 Å². The van der Waals surface area contributed by atoms with Crippen LogP contribution in [0.4, 0.5) is 0 Å². The Kier molecular flexibility index (Phi) is 7.18. The second-order valence-electron chi connectivity index (χ2n) is 6.97. The third-order valence-corrected chi connectivity index (χ3v) is 5.40.